The first-order valence-corrected chi connectivity index (χ1v) is 8.96. The highest BCUT2D eigenvalue weighted by molar-refractivity contribution is 6.76. The molecule has 0 aliphatic carbocycles. The molecule has 0 unspecified atom stereocenters. The van der Waals surface area contributed by atoms with E-state index in [0.29, 0.717) is 6.73 Å². The number of nitrogens with zero attached hydrogens (tertiary/aromatic N) is 2. The third-order valence-electron chi connectivity index (χ3n) is 2.20. The summed E-state index contributed by atoms with van der Waals surface area (Å²) in [6.45, 7) is 10.2. The van der Waals surface area contributed by atoms with Crippen molar-refractivity contribution in [2.45, 2.75) is 39.3 Å². The van der Waals surface area contributed by atoms with E-state index in [1.807, 2.05) is 13.1 Å². The summed E-state index contributed by atoms with van der Waals surface area (Å²) in [5, 5.41) is 4.22. The fourth-order valence-electron chi connectivity index (χ4n) is 1.14. The molecule has 0 fully saturated rings. The zero-order valence-electron chi connectivity index (χ0n) is 10.1. The normalized spacial score (nSPS) is 12.0. The molecule has 1 heterocycles. The van der Waals surface area contributed by atoms with E-state index in [2.05, 4.69) is 24.7 Å². The second-order valence-corrected chi connectivity index (χ2v) is 10.7. The van der Waals surface area contributed by atoms with E-state index in [-0.39, 0.29) is 0 Å². The fraction of sp³-hybridized carbons (Fsp3) is 0.700. The summed E-state index contributed by atoms with van der Waals surface area (Å²) in [5.41, 5.74) is 7.27. The van der Waals surface area contributed by atoms with Crippen LogP contribution in [0.1, 0.15) is 5.69 Å². The van der Waals surface area contributed by atoms with Crippen LogP contribution in [0.5, 0.6) is 0 Å². The molecular weight excluding hydrogens is 206 g/mol. The summed E-state index contributed by atoms with van der Waals surface area (Å²) in [6.07, 6.45) is 1.81. The molecule has 1 rings (SSSR count). The van der Waals surface area contributed by atoms with Crippen LogP contribution in [0.25, 0.3) is 0 Å². The molecule has 0 aliphatic rings. The molecule has 1 aromatic rings. The predicted octanol–water partition coefficient (Wildman–Crippen LogP) is 2.09. The first-order chi connectivity index (χ1) is 6.88. The number of hydrogen-bond donors (Lipinski definition) is 1. The van der Waals surface area contributed by atoms with Crippen LogP contribution in [0.3, 0.4) is 0 Å². The zero-order chi connectivity index (χ0) is 11.5. The van der Waals surface area contributed by atoms with Crippen molar-refractivity contribution in [2.75, 3.05) is 12.3 Å². The van der Waals surface area contributed by atoms with Gasteiger partial charge in [0.25, 0.3) is 0 Å². The average molecular weight is 227 g/mol. The van der Waals surface area contributed by atoms with Crippen molar-refractivity contribution in [1.82, 2.24) is 9.78 Å². The fourth-order valence-corrected chi connectivity index (χ4v) is 1.89. The number of aryl methyl sites for hydroxylation is 1. The van der Waals surface area contributed by atoms with Crippen LogP contribution in [0.4, 0.5) is 5.69 Å². The number of anilines is 1. The molecule has 15 heavy (non-hydrogen) atoms. The van der Waals surface area contributed by atoms with Gasteiger partial charge in [0, 0.05) is 14.7 Å². The molecule has 0 radical (unpaired) electrons. The van der Waals surface area contributed by atoms with Gasteiger partial charge in [-0.05, 0) is 13.0 Å². The molecule has 4 nitrogen and oxygen atoms in total. The van der Waals surface area contributed by atoms with Gasteiger partial charge >= 0.3 is 0 Å². The lowest BCUT2D eigenvalue weighted by molar-refractivity contribution is 0.0784. The predicted molar refractivity (Wildman–Crippen MR) is 65.5 cm³/mol. The minimum atomic E-state index is -0.980. The maximum Gasteiger partial charge on any atom is 0.139 e. The van der Waals surface area contributed by atoms with Crippen molar-refractivity contribution >= 4 is 13.8 Å². The van der Waals surface area contributed by atoms with Crippen LogP contribution >= 0.6 is 0 Å². The number of rotatable bonds is 5. The Morgan fingerprint density at radius 1 is 1.47 bits per heavy atom. The van der Waals surface area contributed by atoms with Gasteiger partial charge in [-0.15, -0.1) is 0 Å². The second kappa shape index (κ2) is 4.81. The van der Waals surface area contributed by atoms with Crippen LogP contribution in [-0.4, -0.2) is 24.5 Å². The van der Waals surface area contributed by atoms with E-state index in [1.54, 1.807) is 4.68 Å². The summed E-state index contributed by atoms with van der Waals surface area (Å²) in [5.74, 6) is 0. The molecule has 0 atom stereocenters. The highest BCUT2D eigenvalue weighted by atomic mass is 28.3. The van der Waals surface area contributed by atoms with E-state index in [9.17, 15) is 0 Å². The molecule has 0 aliphatic heterocycles. The Balaban J connectivity index is 2.26. The van der Waals surface area contributed by atoms with Crippen molar-refractivity contribution in [2.24, 2.45) is 0 Å². The Labute approximate surface area is 92.4 Å². The van der Waals surface area contributed by atoms with Gasteiger partial charge < -0.3 is 10.5 Å². The maximum atomic E-state index is 5.68. The van der Waals surface area contributed by atoms with Crippen LogP contribution in [0.2, 0.25) is 25.7 Å². The molecule has 0 saturated heterocycles. The number of nitrogens with two attached hydrogens (primary N) is 1. The molecule has 0 spiro atoms. The van der Waals surface area contributed by atoms with Gasteiger partial charge in [0.05, 0.1) is 17.6 Å². The molecule has 5 heteroatoms. The van der Waals surface area contributed by atoms with Crippen molar-refractivity contribution in [3.63, 3.8) is 0 Å². The summed E-state index contributed by atoms with van der Waals surface area (Å²) in [4.78, 5) is 0. The Morgan fingerprint density at radius 2 is 2.13 bits per heavy atom. The van der Waals surface area contributed by atoms with Gasteiger partial charge in [-0.2, -0.15) is 5.10 Å². The topological polar surface area (TPSA) is 53.1 Å². The second-order valence-electron chi connectivity index (χ2n) is 5.06. The lowest BCUT2D eigenvalue weighted by atomic mass is 10.4. The zero-order valence-corrected chi connectivity index (χ0v) is 11.1. The van der Waals surface area contributed by atoms with E-state index < -0.39 is 8.07 Å². The molecule has 0 amide bonds. The smallest absolute Gasteiger partial charge is 0.139 e. The quantitative estimate of drug-likeness (QED) is 0.619. The van der Waals surface area contributed by atoms with Gasteiger partial charge in [-0.1, -0.05) is 19.6 Å². The third-order valence-corrected chi connectivity index (χ3v) is 3.91. The van der Waals surface area contributed by atoms with E-state index in [0.717, 1.165) is 18.0 Å². The summed E-state index contributed by atoms with van der Waals surface area (Å²) in [6, 6.07) is 1.18. The van der Waals surface area contributed by atoms with Crippen molar-refractivity contribution in [3.05, 3.63) is 11.9 Å². The molecule has 86 valence electrons. The molecular formula is C10H21N3OSi. The van der Waals surface area contributed by atoms with Crippen molar-refractivity contribution < 1.29 is 4.74 Å². The van der Waals surface area contributed by atoms with Gasteiger partial charge in [0.2, 0.25) is 0 Å². The van der Waals surface area contributed by atoms with Crippen molar-refractivity contribution in [1.29, 1.82) is 0 Å². The van der Waals surface area contributed by atoms with Gasteiger partial charge in [0.15, 0.2) is 0 Å². The Hall–Kier alpha value is -0.813. The highest BCUT2D eigenvalue weighted by Gasteiger charge is 2.12. The molecule has 2 N–H and O–H groups in total. The first kappa shape index (κ1) is 12.3. The van der Waals surface area contributed by atoms with Gasteiger partial charge in [-0.3, -0.25) is 0 Å². The Morgan fingerprint density at radius 3 is 2.60 bits per heavy atom. The number of aromatic nitrogens is 2. The van der Waals surface area contributed by atoms with Crippen molar-refractivity contribution in [3.8, 4) is 0 Å². The lowest BCUT2D eigenvalue weighted by Crippen LogP contribution is -2.22. The van der Waals surface area contributed by atoms with E-state index in [1.165, 1.54) is 6.04 Å². The summed E-state index contributed by atoms with van der Waals surface area (Å²) in [7, 11) is -0.980. The number of ether oxygens (including phenoxy) is 1. The number of hydrogen-bond acceptors (Lipinski definition) is 3. The largest absolute Gasteiger partial charge is 0.396 e. The molecule has 0 aromatic carbocycles. The summed E-state index contributed by atoms with van der Waals surface area (Å²) < 4.78 is 7.29. The van der Waals surface area contributed by atoms with Gasteiger partial charge in [-0.25, -0.2) is 4.68 Å². The summed E-state index contributed by atoms with van der Waals surface area (Å²) >= 11 is 0. The van der Waals surface area contributed by atoms with Crippen LogP contribution < -0.4 is 5.73 Å². The SMILES string of the molecule is Cc1nn(COCC[Si](C)(C)C)cc1N. The molecule has 1 aromatic heterocycles. The minimum absolute atomic E-state index is 0.503. The Kier molecular flexibility index (Phi) is 3.93. The monoisotopic (exact) mass is 227 g/mol. The van der Waals surface area contributed by atoms with E-state index in [4.69, 9.17) is 10.5 Å². The number of nitrogen functional groups attached to an aromatic ring is 1. The maximum absolute atomic E-state index is 5.68. The highest BCUT2D eigenvalue weighted by Crippen LogP contribution is 2.09. The lowest BCUT2D eigenvalue weighted by Gasteiger charge is -2.15. The average Bonchev–Trinajstić information content (AvgIpc) is 2.39. The standard InChI is InChI=1S/C10H21N3OSi/c1-9-10(11)7-13(12-9)8-14-5-6-15(2,3)4/h7H,5-6,8,11H2,1-4H3. The molecule has 0 saturated carbocycles. The third kappa shape index (κ3) is 4.48. The van der Waals surface area contributed by atoms with Gasteiger partial charge in [0.1, 0.15) is 6.73 Å². The Bertz CT molecular complexity index is 297. The van der Waals surface area contributed by atoms with Crippen LogP contribution in [0.15, 0.2) is 6.20 Å². The van der Waals surface area contributed by atoms with Crippen LogP contribution in [-0.2, 0) is 11.5 Å². The molecule has 0 bridgehead atoms. The first-order valence-electron chi connectivity index (χ1n) is 5.26. The minimum Gasteiger partial charge on any atom is -0.396 e. The van der Waals surface area contributed by atoms with Crippen LogP contribution in [0, 0.1) is 6.92 Å². The van der Waals surface area contributed by atoms with E-state index >= 15 is 0 Å².